The number of hydrogen-bond acceptors (Lipinski definition) is 2. The first-order valence-corrected chi connectivity index (χ1v) is 8.03. The summed E-state index contributed by atoms with van der Waals surface area (Å²) in [7, 11) is 0. The van der Waals surface area contributed by atoms with E-state index in [2.05, 4.69) is 5.32 Å². The Morgan fingerprint density at radius 3 is 2.35 bits per heavy atom. The van der Waals surface area contributed by atoms with Gasteiger partial charge >= 0.3 is 6.18 Å². The first-order valence-electron chi connectivity index (χ1n) is 8.03. The molecule has 0 radical (unpaired) electrons. The molecule has 138 valence electrons. The zero-order valence-corrected chi connectivity index (χ0v) is 14.2. The molecule has 0 saturated carbocycles. The Morgan fingerprint density at radius 1 is 1.04 bits per heavy atom. The SMILES string of the molecule is CC(=O)N(CC(=O)NCCc1ccccc1)c1cccc(C(F)(F)F)c1. The van der Waals surface area contributed by atoms with Crippen LogP contribution in [0.5, 0.6) is 0 Å². The van der Waals surface area contributed by atoms with Crippen molar-refractivity contribution in [1.82, 2.24) is 5.32 Å². The van der Waals surface area contributed by atoms with Crippen LogP contribution < -0.4 is 10.2 Å². The van der Waals surface area contributed by atoms with Crippen LogP contribution in [-0.2, 0) is 22.2 Å². The molecule has 2 aromatic rings. The van der Waals surface area contributed by atoms with Crippen LogP contribution >= 0.6 is 0 Å². The van der Waals surface area contributed by atoms with Gasteiger partial charge in [-0.15, -0.1) is 0 Å². The number of amides is 2. The number of benzene rings is 2. The van der Waals surface area contributed by atoms with E-state index in [0.717, 1.165) is 22.6 Å². The zero-order valence-electron chi connectivity index (χ0n) is 14.2. The molecule has 0 fully saturated rings. The highest BCUT2D eigenvalue weighted by molar-refractivity contribution is 5.97. The minimum atomic E-state index is -4.52. The molecule has 0 atom stereocenters. The van der Waals surface area contributed by atoms with Gasteiger partial charge < -0.3 is 10.2 Å². The van der Waals surface area contributed by atoms with E-state index in [0.29, 0.717) is 13.0 Å². The molecule has 2 amide bonds. The van der Waals surface area contributed by atoms with Crippen molar-refractivity contribution in [2.75, 3.05) is 18.0 Å². The standard InChI is InChI=1S/C19H19F3N2O2/c1-14(25)24(17-9-5-8-16(12-17)19(20,21)22)13-18(26)23-11-10-15-6-3-2-4-7-15/h2-9,12H,10-11,13H2,1H3,(H,23,26). The van der Waals surface area contributed by atoms with Crippen LogP contribution in [0.15, 0.2) is 54.6 Å². The van der Waals surface area contributed by atoms with E-state index in [1.54, 1.807) is 0 Å². The lowest BCUT2D eigenvalue weighted by Gasteiger charge is -2.21. The van der Waals surface area contributed by atoms with Gasteiger partial charge in [0.05, 0.1) is 5.56 Å². The quantitative estimate of drug-likeness (QED) is 0.854. The van der Waals surface area contributed by atoms with Crippen LogP contribution in [0.3, 0.4) is 0 Å². The average Bonchev–Trinajstić information content (AvgIpc) is 2.60. The maximum absolute atomic E-state index is 12.8. The maximum Gasteiger partial charge on any atom is 0.416 e. The second-order valence-electron chi connectivity index (χ2n) is 5.74. The highest BCUT2D eigenvalue weighted by Crippen LogP contribution is 2.31. The molecule has 0 aliphatic carbocycles. The van der Waals surface area contributed by atoms with E-state index in [4.69, 9.17) is 0 Å². The van der Waals surface area contributed by atoms with E-state index in [-0.39, 0.29) is 12.2 Å². The number of anilines is 1. The second kappa shape index (κ2) is 8.51. The Hall–Kier alpha value is -2.83. The van der Waals surface area contributed by atoms with Gasteiger partial charge in [0, 0.05) is 19.2 Å². The van der Waals surface area contributed by atoms with Crippen molar-refractivity contribution in [2.45, 2.75) is 19.5 Å². The molecule has 4 nitrogen and oxygen atoms in total. The molecule has 2 aromatic carbocycles. The average molecular weight is 364 g/mol. The van der Waals surface area contributed by atoms with Gasteiger partial charge in [0.25, 0.3) is 0 Å². The summed E-state index contributed by atoms with van der Waals surface area (Å²) in [5.41, 5.74) is 0.213. The summed E-state index contributed by atoms with van der Waals surface area (Å²) in [5, 5.41) is 2.68. The smallest absolute Gasteiger partial charge is 0.354 e. The lowest BCUT2D eigenvalue weighted by molar-refractivity contribution is -0.137. The van der Waals surface area contributed by atoms with Gasteiger partial charge in [-0.2, -0.15) is 13.2 Å². The van der Waals surface area contributed by atoms with Gasteiger partial charge in [-0.05, 0) is 30.2 Å². The summed E-state index contributed by atoms with van der Waals surface area (Å²) in [4.78, 5) is 24.9. The van der Waals surface area contributed by atoms with Crippen LogP contribution in [-0.4, -0.2) is 24.9 Å². The lowest BCUT2D eigenvalue weighted by atomic mass is 10.1. The van der Waals surface area contributed by atoms with Crippen molar-refractivity contribution >= 4 is 17.5 Å². The summed E-state index contributed by atoms with van der Waals surface area (Å²) in [6, 6.07) is 13.9. The monoisotopic (exact) mass is 364 g/mol. The molecule has 0 aromatic heterocycles. The Morgan fingerprint density at radius 2 is 1.73 bits per heavy atom. The molecule has 0 spiro atoms. The minimum absolute atomic E-state index is 0.0329. The topological polar surface area (TPSA) is 49.4 Å². The Bertz CT molecular complexity index is 761. The first-order chi connectivity index (χ1) is 12.3. The van der Waals surface area contributed by atoms with Crippen LogP contribution in [0, 0.1) is 0 Å². The largest absolute Gasteiger partial charge is 0.416 e. The predicted octanol–water partition coefficient (Wildman–Crippen LogP) is 3.42. The third-order valence-electron chi connectivity index (χ3n) is 3.75. The number of carbonyl (C=O) groups is 2. The number of rotatable bonds is 6. The third kappa shape index (κ3) is 5.61. The van der Waals surface area contributed by atoms with Gasteiger partial charge in [-0.25, -0.2) is 0 Å². The molecule has 1 N–H and O–H groups in total. The van der Waals surface area contributed by atoms with Crippen LogP contribution in [0.2, 0.25) is 0 Å². The molecular formula is C19H19F3N2O2. The van der Waals surface area contributed by atoms with Crippen molar-refractivity contribution in [2.24, 2.45) is 0 Å². The summed E-state index contributed by atoms with van der Waals surface area (Å²) < 4.78 is 38.5. The van der Waals surface area contributed by atoms with Gasteiger partial charge in [-0.1, -0.05) is 36.4 Å². The van der Waals surface area contributed by atoms with Crippen LogP contribution in [0.25, 0.3) is 0 Å². The molecule has 26 heavy (non-hydrogen) atoms. The molecule has 7 heteroatoms. The summed E-state index contributed by atoms with van der Waals surface area (Å²) in [6.45, 7) is 1.24. The fraction of sp³-hybridized carbons (Fsp3) is 0.263. The maximum atomic E-state index is 12.8. The summed E-state index contributed by atoms with van der Waals surface area (Å²) in [6.07, 6.45) is -3.90. The molecule has 0 aliphatic rings. The second-order valence-corrected chi connectivity index (χ2v) is 5.74. The van der Waals surface area contributed by atoms with Crippen molar-refractivity contribution < 1.29 is 22.8 Å². The first kappa shape index (κ1) is 19.5. The Kier molecular flexibility index (Phi) is 6.38. The number of nitrogens with one attached hydrogen (secondary N) is 1. The fourth-order valence-electron chi connectivity index (χ4n) is 2.42. The molecule has 0 aliphatic heterocycles. The number of halogens is 3. The summed E-state index contributed by atoms with van der Waals surface area (Å²) >= 11 is 0. The van der Waals surface area contributed by atoms with E-state index in [1.165, 1.54) is 19.1 Å². The minimum Gasteiger partial charge on any atom is -0.354 e. The van der Waals surface area contributed by atoms with E-state index in [1.807, 2.05) is 30.3 Å². The van der Waals surface area contributed by atoms with Gasteiger partial charge in [-0.3, -0.25) is 9.59 Å². The number of nitrogens with zero attached hydrogens (tertiary/aromatic N) is 1. The van der Waals surface area contributed by atoms with E-state index < -0.39 is 23.6 Å². The van der Waals surface area contributed by atoms with Gasteiger partial charge in [0.2, 0.25) is 11.8 Å². The Labute approximate surface area is 149 Å². The molecular weight excluding hydrogens is 345 g/mol. The molecule has 0 bridgehead atoms. The predicted molar refractivity (Wildman–Crippen MR) is 92.6 cm³/mol. The van der Waals surface area contributed by atoms with Crippen LogP contribution in [0.1, 0.15) is 18.1 Å². The zero-order chi connectivity index (χ0) is 19.2. The third-order valence-corrected chi connectivity index (χ3v) is 3.75. The lowest BCUT2D eigenvalue weighted by Crippen LogP contribution is -2.40. The molecule has 0 heterocycles. The van der Waals surface area contributed by atoms with Crippen LogP contribution in [0.4, 0.5) is 18.9 Å². The molecule has 0 saturated heterocycles. The van der Waals surface area contributed by atoms with Crippen molar-refractivity contribution in [3.63, 3.8) is 0 Å². The highest BCUT2D eigenvalue weighted by Gasteiger charge is 2.31. The van der Waals surface area contributed by atoms with E-state index >= 15 is 0 Å². The fourth-order valence-corrected chi connectivity index (χ4v) is 2.42. The Balaban J connectivity index is 1.99. The van der Waals surface area contributed by atoms with Gasteiger partial charge in [0.15, 0.2) is 0 Å². The summed E-state index contributed by atoms with van der Waals surface area (Å²) in [5.74, 6) is -0.948. The number of hydrogen-bond donors (Lipinski definition) is 1. The molecule has 2 rings (SSSR count). The van der Waals surface area contributed by atoms with Crippen molar-refractivity contribution in [1.29, 1.82) is 0 Å². The van der Waals surface area contributed by atoms with E-state index in [9.17, 15) is 22.8 Å². The van der Waals surface area contributed by atoms with Crippen molar-refractivity contribution in [3.05, 3.63) is 65.7 Å². The van der Waals surface area contributed by atoms with Crippen molar-refractivity contribution in [3.8, 4) is 0 Å². The normalized spacial score (nSPS) is 11.1. The number of alkyl halides is 3. The van der Waals surface area contributed by atoms with Gasteiger partial charge in [0.1, 0.15) is 6.54 Å². The molecule has 0 unspecified atom stereocenters. The number of carbonyl (C=O) groups excluding carboxylic acids is 2. The highest BCUT2D eigenvalue weighted by atomic mass is 19.4.